The third-order valence-corrected chi connectivity index (χ3v) is 4.88. The lowest BCUT2D eigenvalue weighted by atomic mass is 10.2. The number of hydrogen-bond acceptors (Lipinski definition) is 3. The fourth-order valence-electron chi connectivity index (χ4n) is 3.25. The van der Waals surface area contributed by atoms with Gasteiger partial charge >= 0.3 is 0 Å². The lowest BCUT2D eigenvalue weighted by Crippen LogP contribution is -3.15. The Bertz CT molecular complexity index is 694. The summed E-state index contributed by atoms with van der Waals surface area (Å²) in [6, 6.07) is 14.1. The van der Waals surface area contributed by atoms with Crippen molar-refractivity contribution in [3.8, 4) is 0 Å². The lowest BCUT2D eigenvalue weighted by Gasteiger charge is -2.28. The smallest absolute Gasteiger partial charge is 0.274 e. The first kappa shape index (κ1) is 18.2. The van der Waals surface area contributed by atoms with Crippen LogP contribution in [0.3, 0.4) is 0 Å². The van der Waals surface area contributed by atoms with Gasteiger partial charge in [0, 0.05) is 31.5 Å². The highest BCUT2D eigenvalue weighted by Gasteiger charge is 2.25. The number of rotatable bonds is 6. The minimum absolute atomic E-state index is 0.0916. The van der Waals surface area contributed by atoms with Crippen LogP contribution >= 0.6 is 0 Å². The van der Waals surface area contributed by atoms with E-state index in [0.29, 0.717) is 6.42 Å². The highest BCUT2D eigenvalue weighted by Crippen LogP contribution is 2.15. The molecule has 1 saturated heterocycles. The van der Waals surface area contributed by atoms with Crippen LogP contribution in [0.1, 0.15) is 6.42 Å². The highest BCUT2D eigenvalue weighted by molar-refractivity contribution is 5.90. The van der Waals surface area contributed by atoms with Gasteiger partial charge in [-0.05, 0) is 30.3 Å². The van der Waals surface area contributed by atoms with E-state index in [9.17, 15) is 4.79 Å². The van der Waals surface area contributed by atoms with Gasteiger partial charge in [-0.25, -0.2) is 4.98 Å². The number of amides is 1. The van der Waals surface area contributed by atoms with Crippen molar-refractivity contribution in [2.45, 2.75) is 6.42 Å². The van der Waals surface area contributed by atoms with E-state index in [2.05, 4.69) is 27.3 Å². The Morgan fingerprint density at radius 3 is 2.50 bits per heavy atom. The zero-order chi connectivity index (χ0) is 18.4. The minimum atomic E-state index is 0.0916. The molecule has 6 heteroatoms. The summed E-state index contributed by atoms with van der Waals surface area (Å²) in [6.07, 6.45) is 2.52. The zero-order valence-corrected chi connectivity index (χ0v) is 15.7. The summed E-state index contributed by atoms with van der Waals surface area (Å²) in [5.41, 5.74) is 1.99. The Hall–Kier alpha value is -2.60. The van der Waals surface area contributed by atoms with Crippen LogP contribution in [0.2, 0.25) is 0 Å². The highest BCUT2D eigenvalue weighted by atomic mass is 16.1. The average Bonchev–Trinajstić information content (AvgIpc) is 2.68. The molecule has 1 fully saturated rings. The Morgan fingerprint density at radius 1 is 1.15 bits per heavy atom. The predicted molar refractivity (Wildman–Crippen MR) is 105 cm³/mol. The standard InChI is InChI=1S/C20H27N5O/c1-23(2)18-8-6-17(7-9-18)22-20(26)10-12-24-13-15-25(16-14-24)19-5-3-4-11-21-19/h3-9,11H,10,12-16H2,1-2H3,(H,22,26)/p+2. The number of benzene rings is 1. The van der Waals surface area contributed by atoms with E-state index in [0.717, 1.165) is 44.1 Å². The maximum absolute atomic E-state index is 12.2. The van der Waals surface area contributed by atoms with E-state index in [1.54, 1.807) is 0 Å². The molecule has 0 unspecified atom stereocenters. The van der Waals surface area contributed by atoms with Gasteiger partial charge in [0.2, 0.25) is 5.91 Å². The SMILES string of the molecule is CN(C)c1ccc(NC(=O)CC[NH+]2CCN(c3cccc[nH+]3)CC2)cc1. The Labute approximate surface area is 155 Å². The molecule has 138 valence electrons. The first-order valence-corrected chi connectivity index (χ1v) is 9.24. The van der Waals surface area contributed by atoms with E-state index in [1.165, 1.54) is 10.7 Å². The molecule has 0 saturated carbocycles. The van der Waals surface area contributed by atoms with Crippen LogP contribution in [0.4, 0.5) is 17.2 Å². The van der Waals surface area contributed by atoms with Gasteiger partial charge in [0.05, 0.1) is 19.2 Å². The van der Waals surface area contributed by atoms with Crippen molar-refractivity contribution < 1.29 is 14.7 Å². The lowest BCUT2D eigenvalue weighted by molar-refractivity contribution is -0.900. The number of carbonyl (C=O) groups excluding carboxylic acids is 1. The molecular weight excluding hydrogens is 326 g/mol. The molecule has 2 aromatic rings. The second-order valence-electron chi connectivity index (χ2n) is 6.97. The molecule has 3 rings (SSSR count). The molecule has 1 aliphatic rings. The molecule has 0 radical (unpaired) electrons. The second-order valence-corrected chi connectivity index (χ2v) is 6.97. The third kappa shape index (κ3) is 4.95. The number of quaternary nitrogens is 1. The number of nitrogens with one attached hydrogen (secondary N) is 3. The van der Waals surface area contributed by atoms with Gasteiger partial charge in [-0.3, -0.25) is 9.69 Å². The van der Waals surface area contributed by atoms with Crippen LogP contribution in [-0.2, 0) is 4.79 Å². The number of hydrogen-bond donors (Lipinski definition) is 2. The second kappa shape index (κ2) is 8.67. The molecular formula is C20H29N5O+2. The summed E-state index contributed by atoms with van der Waals surface area (Å²) >= 11 is 0. The molecule has 6 nitrogen and oxygen atoms in total. The zero-order valence-electron chi connectivity index (χ0n) is 15.7. The van der Waals surface area contributed by atoms with E-state index in [-0.39, 0.29) is 5.91 Å². The fourth-order valence-corrected chi connectivity index (χ4v) is 3.25. The molecule has 0 atom stereocenters. The summed E-state index contributed by atoms with van der Waals surface area (Å²) in [5.74, 6) is 1.26. The first-order chi connectivity index (χ1) is 12.6. The molecule has 1 amide bonds. The Balaban J connectivity index is 1.40. The quantitative estimate of drug-likeness (QED) is 0.784. The molecule has 26 heavy (non-hydrogen) atoms. The molecule has 0 aliphatic carbocycles. The number of anilines is 3. The van der Waals surface area contributed by atoms with Crippen LogP contribution < -0.4 is 25.0 Å². The van der Waals surface area contributed by atoms with Crippen LogP contribution in [0.25, 0.3) is 0 Å². The summed E-state index contributed by atoms with van der Waals surface area (Å²) in [7, 11) is 4.01. The molecule has 3 N–H and O–H groups in total. The molecule has 0 bridgehead atoms. The van der Waals surface area contributed by atoms with Crippen molar-refractivity contribution in [2.75, 3.05) is 61.9 Å². The topological polar surface area (TPSA) is 54.2 Å². The van der Waals surface area contributed by atoms with Crippen LogP contribution in [0.15, 0.2) is 48.7 Å². The van der Waals surface area contributed by atoms with Gasteiger partial charge < -0.3 is 15.1 Å². The number of aromatic amines is 1. The van der Waals surface area contributed by atoms with Gasteiger partial charge in [-0.2, -0.15) is 0 Å². The van der Waals surface area contributed by atoms with Gasteiger partial charge in [-0.1, -0.05) is 6.07 Å². The minimum Gasteiger partial charge on any atom is -0.378 e. The number of piperazine rings is 1. The van der Waals surface area contributed by atoms with Gasteiger partial charge in [0.15, 0.2) is 0 Å². The normalized spacial score (nSPS) is 14.9. The third-order valence-electron chi connectivity index (χ3n) is 4.88. The fraction of sp³-hybridized carbons (Fsp3) is 0.400. The van der Waals surface area contributed by atoms with Crippen LogP contribution in [-0.4, -0.2) is 52.7 Å². The molecule has 2 heterocycles. The summed E-state index contributed by atoms with van der Waals surface area (Å²) < 4.78 is 0. The Kier molecular flexibility index (Phi) is 6.07. The summed E-state index contributed by atoms with van der Waals surface area (Å²) in [5, 5.41) is 3.00. The summed E-state index contributed by atoms with van der Waals surface area (Å²) in [4.78, 5) is 21.4. The molecule has 0 spiro atoms. The van der Waals surface area contributed by atoms with E-state index >= 15 is 0 Å². The Morgan fingerprint density at radius 2 is 1.88 bits per heavy atom. The van der Waals surface area contributed by atoms with E-state index in [4.69, 9.17) is 0 Å². The molecule has 1 aromatic heterocycles. The van der Waals surface area contributed by atoms with Gasteiger partial charge in [-0.15, -0.1) is 0 Å². The maximum Gasteiger partial charge on any atom is 0.274 e. The number of pyridine rings is 1. The van der Waals surface area contributed by atoms with Crippen LogP contribution in [0.5, 0.6) is 0 Å². The van der Waals surface area contributed by atoms with E-state index in [1.807, 2.05) is 55.5 Å². The number of carbonyl (C=O) groups is 1. The van der Waals surface area contributed by atoms with Crippen molar-refractivity contribution in [1.29, 1.82) is 0 Å². The van der Waals surface area contributed by atoms with Crippen molar-refractivity contribution in [1.82, 2.24) is 0 Å². The van der Waals surface area contributed by atoms with E-state index < -0.39 is 0 Å². The van der Waals surface area contributed by atoms with Crippen molar-refractivity contribution in [3.05, 3.63) is 48.7 Å². The average molecular weight is 355 g/mol. The van der Waals surface area contributed by atoms with Crippen LogP contribution in [0, 0.1) is 0 Å². The number of nitrogens with zero attached hydrogens (tertiary/aromatic N) is 2. The largest absolute Gasteiger partial charge is 0.378 e. The van der Waals surface area contributed by atoms with Crippen molar-refractivity contribution >= 4 is 23.1 Å². The molecule has 1 aromatic carbocycles. The monoisotopic (exact) mass is 355 g/mol. The first-order valence-electron chi connectivity index (χ1n) is 9.24. The number of aromatic nitrogens is 1. The summed E-state index contributed by atoms with van der Waals surface area (Å²) in [6.45, 7) is 5.04. The van der Waals surface area contributed by atoms with Gasteiger partial charge in [0.1, 0.15) is 26.2 Å². The molecule has 1 aliphatic heterocycles. The maximum atomic E-state index is 12.2. The number of H-pyrrole nitrogens is 1. The van der Waals surface area contributed by atoms with Crippen molar-refractivity contribution in [3.63, 3.8) is 0 Å². The van der Waals surface area contributed by atoms with Crippen molar-refractivity contribution in [2.24, 2.45) is 0 Å². The van der Waals surface area contributed by atoms with Gasteiger partial charge in [0.25, 0.3) is 5.82 Å². The predicted octanol–water partition coefficient (Wildman–Crippen LogP) is 0.300.